The molecule has 3 aromatic rings. The van der Waals surface area contributed by atoms with E-state index in [1.165, 1.54) is 4.31 Å². The lowest BCUT2D eigenvalue weighted by Crippen LogP contribution is -2.45. The molecule has 3 aromatic heterocycles. The van der Waals surface area contributed by atoms with Crippen LogP contribution in [0, 0.1) is 0 Å². The number of rotatable bonds is 6. The van der Waals surface area contributed by atoms with Gasteiger partial charge in [-0.15, -0.1) is 5.10 Å². The van der Waals surface area contributed by atoms with Crippen LogP contribution >= 0.6 is 0 Å². The summed E-state index contributed by atoms with van der Waals surface area (Å²) in [5.41, 5.74) is 2.38. The van der Waals surface area contributed by atoms with Crippen molar-refractivity contribution >= 4 is 21.8 Å². The standard InChI is InChI=1S/C16H22N8O3S/c1-2-27-14-13(11-9-18-19-10-11)5-8-24-15(14)21-16(22-24)20-12-3-6-23(7-4-12)28(17,25)26/h5,8-10,12H,2-4,6-7H2,1H3,(H,18,19)(H,20,22)(H2,17,25,26). The summed E-state index contributed by atoms with van der Waals surface area (Å²) in [6, 6.07) is 1.98. The van der Waals surface area contributed by atoms with Gasteiger partial charge >= 0.3 is 0 Å². The fourth-order valence-electron chi connectivity index (χ4n) is 3.33. The molecule has 12 heteroatoms. The number of pyridine rings is 1. The smallest absolute Gasteiger partial charge is 0.276 e. The second kappa shape index (κ2) is 7.37. The Hall–Kier alpha value is -2.70. The van der Waals surface area contributed by atoms with Crippen molar-refractivity contribution in [1.29, 1.82) is 0 Å². The van der Waals surface area contributed by atoms with Crippen molar-refractivity contribution in [1.82, 2.24) is 29.1 Å². The zero-order valence-corrected chi connectivity index (χ0v) is 16.2. The highest BCUT2D eigenvalue weighted by atomic mass is 32.2. The Balaban J connectivity index is 1.57. The van der Waals surface area contributed by atoms with Gasteiger partial charge in [0.1, 0.15) is 0 Å². The summed E-state index contributed by atoms with van der Waals surface area (Å²) in [6.07, 6.45) is 6.60. The summed E-state index contributed by atoms with van der Waals surface area (Å²) >= 11 is 0. The molecule has 1 saturated heterocycles. The summed E-state index contributed by atoms with van der Waals surface area (Å²) in [5, 5.41) is 19.7. The predicted molar refractivity (Wildman–Crippen MR) is 103 cm³/mol. The Morgan fingerprint density at radius 3 is 2.82 bits per heavy atom. The van der Waals surface area contributed by atoms with Crippen molar-refractivity contribution in [3.05, 3.63) is 24.7 Å². The molecule has 0 spiro atoms. The monoisotopic (exact) mass is 406 g/mol. The van der Waals surface area contributed by atoms with Crippen LogP contribution in [-0.4, -0.2) is 63.3 Å². The number of aromatic amines is 1. The molecule has 0 aromatic carbocycles. The lowest BCUT2D eigenvalue weighted by molar-refractivity contribution is 0.329. The first-order valence-electron chi connectivity index (χ1n) is 9.01. The molecule has 0 amide bonds. The van der Waals surface area contributed by atoms with Gasteiger partial charge in [0.05, 0.1) is 12.8 Å². The molecule has 4 rings (SSSR count). The first-order chi connectivity index (χ1) is 13.5. The molecule has 0 radical (unpaired) electrons. The second-order valence-electron chi connectivity index (χ2n) is 6.54. The molecular formula is C16H22N8O3S. The van der Waals surface area contributed by atoms with Gasteiger partial charge in [-0.2, -0.15) is 22.8 Å². The Labute approximate surface area is 162 Å². The maximum atomic E-state index is 11.4. The normalized spacial score (nSPS) is 16.5. The third kappa shape index (κ3) is 3.66. The van der Waals surface area contributed by atoms with Gasteiger partial charge in [-0.05, 0) is 25.8 Å². The van der Waals surface area contributed by atoms with Crippen molar-refractivity contribution in [2.45, 2.75) is 25.8 Å². The molecule has 28 heavy (non-hydrogen) atoms. The van der Waals surface area contributed by atoms with E-state index in [1.54, 1.807) is 16.9 Å². The Morgan fingerprint density at radius 2 is 2.18 bits per heavy atom. The Kier molecular flexibility index (Phi) is 4.91. The number of aromatic nitrogens is 5. The summed E-state index contributed by atoms with van der Waals surface area (Å²) in [6.45, 7) is 3.15. The number of nitrogens with one attached hydrogen (secondary N) is 2. The van der Waals surface area contributed by atoms with Gasteiger partial charge in [0.2, 0.25) is 5.95 Å². The van der Waals surface area contributed by atoms with E-state index in [0.29, 0.717) is 49.9 Å². The van der Waals surface area contributed by atoms with Gasteiger partial charge in [0.15, 0.2) is 11.4 Å². The van der Waals surface area contributed by atoms with Crippen LogP contribution in [0.25, 0.3) is 16.8 Å². The minimum Gasteiger partial charge on any atom is -0.489 e. The molecular weight excluding hydrogens is 384 g/mol. The van der Waals surface area contributed by atoms with E-state index < -0.39 is 10.2 Å². The van der Waals surface area contributed by atoms with Gasteiger partial charge in [0.25, 0.3) is 10.2 Å². The topological polar surface area (TPSA) is 144 Å². The van der Waals surface area contributed by atoms with E-state index in [2.05, 4.69) is 25.6 Å². The quantitative estimate of drug-likeness (QED) is 0.544. The molecule has 4 heterocycles. The minimum atomic E-state index is -3.63. The highest BCUT2D eigenvalue weighted by molar-refractivity contribution is 7.86. The molecule has 1 aliphatic heterocycles. The number of nitrogens with two attached hydrogens (primary N) is 1. The van der Waals surface area contributed by atoms with Gasteiger partial charge in [-0.1, -0.05) is 0 Å². The van der Waals surface area contributed by atoms with Crippen LogP contribution in [0.5, 0.6) is 5.75 Å². The van der Waals surface area contributed by atoms with Gasteiger partial charge in [-0.3, -0.25) is 5.10 Å². The number of hydrogen-bond donors (Lipinski definition) is 3. The molecule has 0 saturated carbocycles. The first kappa shape index (κ1) is 18.7. The van der Waals surface area contributed by atoms with Gasteiger partial charge < -0.3 is 10.1 Å². The average molecular weight is 406 g/mol. The zero-order valence-electron chi connectivity index (χ0n) is 15.4. The number of hydrogen-bond acceptors (Lipinski definition) is 7. The lowest BCUT2D eigenvalue weighted by Gasteiger charge is -2.29. The fraction of sp³-hybridized carbons (Fsp3) is 0.438. The van der Waals surface area contributed by atoms with Crippen LogP contribution < -0.4 is 15.2 Å². The zero-order chi connectivity index (χ0) is 19.7. The van der Waals surface area contributed by atoms with E-state index in [9.17, 15) is 8.42 Å². The van der Waals surface area contributed by atoms with Crippen LogP contribution in [0.1, 0.15) is 19.8 Å². The second-order valence-corrected chi connectivity index (χ2v) is 8.09. The fourth-order valence-corrected chi connectivity index (χ4v) is 4.05. The lowest BCUT2D eigenvalue weighted by atomic mass is 10.1. The molecule has 1 aliphatic rings. The Bertz CT molecular complexity index is 1060. The number of nitrogens with zero attached hydrogens (tertiary/aromatic N) is 5. The number of H-pyrrole nitrogens is 1. The van der Waals surface area contributed by atoms with E-state index in [4.69, 9.17) is 9.88 Å². The molecule has 0 atom stereocenters. The van der Waals surface area contributed by atoms with E-state index in [-0.39, 0.29) is 6.04 Å². The predicted octanol–water partition coefficient (Wildman–Crippen LogP) is 0.598. The summed E-state index contributed by atoms with van der Waals surface area (Å²) in [7, 11) is -3.63. The number of piperidine rings is 1. The first-order valence-corrected chi connectivity index (χ1v) is 10.5. The third-order valence-electron chi connectivity index (χ3n) is 4.71. The molecule has 11 nitrogen and oxygen atoms in total. The van der Waals surface area contributed by atoms with Crippen LogP contribution in [0.3, 0.4) is 0 Å². The highest BCUT2D eigenvalue weighted by Crippen LogP contribution is 2.33. The number of anilines is 1. The maximum absolute atomic E-state index is 11.4. The molecule has 150 valence electrons. The van der Waals surface area contributed by atoms with Crippen LogP contribution in [0.2, 0.25) is 0 Å². The van der Waals surface area contributed by atoms with Crippen LogP contribution in [0.4, 0.5) is 5.95 Å². The van der Waals surface area contributed by atoms with Crippen LogP contribution in [-0.2, 0) is 10.2 Å². The molecule has 4 N–H and O–H groups in total. The molecule has 0 aliphatic carbocycles. The molecule has 0 bridgehead atoms. The summed E-state index contributed by atoms with van der Waals surface area (Å²) < 4.78 is 31.7. The van der Waals surface area contributed by atoms with E-state index in [0.717, 1.165) is 11.1 Å². The van der Waals surface area contributed by atoms with Crippen molar-refractivity contribution in [2.75, 3.05) is 25.0 Å². The van der Waals surface area contributed by atoms with E-state index in [1.807, 2.05) is 19.2 Å². The number of ether oxygens (including phenoxy) is 1. The van der Waals surface area contributed by atoms with Crippen LogP contribution in [0.15, 0.2) is 24.7 Å². The summed E-state index contributed by atoms with van der Waals surface area (Å²) in [4.78, 5) is 4.59. The summed E-state index contributed by atoms with van der Waals surface area (Å²) in [5.74, 6) is 1.11. The van der Waals surface area contributed by atoms with Gasteiger partial charge in [-0.25, -0.2) is 9.65 Å². The van der Waals surface area contributed by atoms with Crippen molar-refractivity contribution in [2.24, 2.45) is 5.14 Å². The highest BCUT2D eigenvalue weighted by Gasteiger charge is 2.26. The van der Waals surface area contributed by atoms with Crippen molar-refractivity contribution in [3.63, 3.8) is 0 Å². The maximum Gasteiger partial charge on any atom is 0.276 e. The minimum absolute atomic E-state index is 0.0688. The van der Waals surface area contributed by atoms with Crippen molar-refractivity contribution in [3.8, 4) is 16.9 Å². The SMILES string of the molecule is CCOc1c(-c2cn[nH]c2)ccn2nc(NC3CCN(S(N)(=O)=O)CC3)nc12. The molecule has 0 unspecified atom stereocenters. The Morgan fingerprint density at radius 1 is 1.39 bits per heavy atom. The van der Waals surface area contributed by atoms with Crippen molar-refractivity contribution < 1.29 is 13.2 Å². The largest absolute Gasteiger partial charge is 0.489 e. The average Bonchev–Trinajstić information content (AvgIpc) is 3.31. The van der Waals surface area contributed by atoms with Gasteiger partial charge in [0, 0.05) is 42.7 Å². The third-order valence-corrected chi connectivity index (χ3v) is 5.79. The molecule has 1 fully saturated rings. The number of fused-ring (bicyclic) bond motifs is 1. The van der Waals surface area contributed by atoms with E-state index >= 15 is 0 Å².